The molecule has 1 fully saturated rings. The summed E-state index contributed by atoms with van der Waals surface area (Å²) in [5.74, 6) is 1.88. The van der Waals surface area contributed by atoms with Crippen LogP contribution in [0.4, 0.5) is 5.82 Å². The molecule has 0 aliphatic heterocycles. The van der Waals surface area contributed by atoms with Crippen molar-refractivity contribution in [2.24, 2.45) is 5.92 Å². The molecule has 4 nitrogen and oxygen atoms in total. The van der Waals surface area contributed by atoms with E-state index in [-0.39, 0.29) is 0 Å². The van der Waals surface area contributed by atoms with Crippen molar-refractivity contribution in [1.29, 1.82) is 0 Å². The van der Waals surface area contributed by atoms with Crippen LogP contribution in [-0.2, 0) is 6.54 Å². The lowest BCUT2D eigenvalue weighted by Crippen LogP contribution is -2.33. The van der Waals surface area contributed by atoms with E-state index in [0.717, 1.165) is 37.1 Å². The van der Waals surface area contributed by atoms with Crippen LogP contribution in [0.5, 0.6) is 0 Å². The van der Waals surface area contributed by atoms with Gasteiger partial charge in [0.15, 0.2) is 5.82 Å². The maximum atomic E-state index is 4.38. The van der Waals surface area contributed by atoms with Crippen molar-refractivity contribution in [3.05, 3.63) is 17.8 Å². The summed E-state index contributed by atoms with van der Waals surface area (Å²) < 4.78 is 0. The number of hydrogen-bond donors (Lipinski definition) is 1. The van der Waals surface area contributed by atoms with Crippen LogP contribution in [0.1, 0.15) is 45.7 Å². The van der Waals surface area contributed by atoms with E-state index in [9.17, 15) is 0 Å². The molecule has 0 saturated heterocycles. The van der Waals surface area contributed by atoms with Crippen LogP contribution in [0.2, 0.25) is 0 Å². The van der Waals surface area contributed by atoms with Gasteiger partial charge >= 0.3 is 0 Å². The molecule has 4 heteroatoms. The molecule has 0 aromatic carbocycles. The molecule has 0 radical (unpaired) electrons. The molecule has 19 heavy (non-hydrogen) atoms. The van der Waals surface area contributed by atoms with Gasteiger partial charge in [-0.25, -0.2) is 0 Å². The van der Waals surface area contributed by atoms with Gasteiger partial charge in [0.05, 0.1) is 5.69 Å². The highest BCUT2D eigenvalue weighted by molar-refractivity contribution is 5.37. The molecule has 1 heterocycles. The quantitative estimate of drug-likeness (QED) is 0.820. The Hall–Kier alpha value is -1.16. The minimum atomic E-state index is 0.479. The standard InChI is InChI=1S/C15H26N4/c1-4-19(11-13-6-5-7-13)15-9-8-14(17-18-15)10-16-12(2)3/h8-9,12-13,16H,4-7,10-11H2,1-3H3. The van der Waals surface area contributed by atoms with Crippen LogP contribution in [-0.4, -0.2) is 29.3 Å². The summed E-state index contributed by atoms with van der Waals surface area (Å²) >= 11 is 0. The maximum absolute atomic E-state index is 4.38. The Morgan fingerprint density at radius 1 is 1.32 bits per heavy atom. The number of nitrogens with one attached hydrogen (secondary N) is 1. The smallest absolute Gasteiger partial charge is 0.151 e. The molecule has 0 atom stereocenters. The summed E-state index contributed by atoms with van der Waals surface area (Å²) in [6, 6.07) is 4.67. The summed E-state index contributed by atoms with van der Waals surface area (Å²) in [6.45, 7) is 9.40. The molecule has 1 aromatic rings. The lowest BCUT2D eigenvalue weighted by Gasteiger charge is -2.32. The first kappa shape index (κ1) is 14.3. The van der Waals surface area contributed by atoms with Crippen molar-refractivity contribution in [1.82, 2.24) is 15.5 Å². The molecule has 0 amide bonds. The van der Waals surface area contributed by atoms with Gasteiger partial charge in [-0.3, -0.25) is 0 Å². The number of hydrogen-bond acceptors (Lipinski definition) is 4. The lowest BCUT2D eigenvalue weighted by atomic mass is 9.85. The molecule has 1 N–H and O–H groups in total. The Kier molecular flexibility index (Phi) is 5.14. The predicted octanol–water partition coefficient (Wildman–Crippen LogP) is 2.60. The zero-order chi connectivity index (χ0) is 13.7. The third-order valence-corrected chi connectivity index (χ3v) is 3.81. The zero-order valence-corrected chi connectivity index (χ0v) is 12.4. The summed E-state index contributed by atoms with van der Waals surface area (Å²) in [5, 5.41) is 12.1. The number of nitrogens with zero attached hydrogens (tertiary/aromatic N) is 3. The van der Waals surface area contributed by atoms with E-state index < -0.39 is 0 Å². The SMILES string of the molecule is CCN(CC1CCC1)c1ccc(CNC(C)C)nn1. The Morgan fingerprint density at radius 2 is 2.11 bits per heavy atom. The molecular weight excluding hydrogens is 236 g/mol. The first-order chi connectivity index (χ1) is 9.19. The van der Waals surface area contributed by atoms with Gasteiger partial charge < -0.3 is 10.2 Å². The van der Waals surface area contributed by atoms with Crippen molar-refractivity contribution in [3.8, 4) is 0 Å². The van der Waals surface area contributed by atoms with Crippen molar-refractivity contribution in [2.75, 3.05) is 18.0 Å². The van der Waals surface area contributed by atoms with Crippen molar-refractivity contribution < 1.29 is 0 Å². The van der Waals surface area contributed by atoms with E-state index in [1.807, 2.05) is 0 Å². The molecule has 1 saturated carbocycles. The van der Waals surface area contributed by atoms with Crippen molar-refractivity contribution >= 4 is 5.82 Å². The first-order valence-electron chi connectivity index (χ1n) is 7.50. The number of rotatable bonds is 7. The van der Waals surface area contributed by atoms with Crippen LogP contribution in [0.25, 0.3) is 0 Å². The van der Waals surface area contributed by atoms with Gasteiger partial charge in [-0.1, -0.05) is 20.3 Å². The van der Waals surface area contributed by atoms with E-state index >= 15 is 0 Å². The predicted molar refractivity (Wildman–Crippen MR) is 79.2 cm³/mol. The molecule has 0 spiro atoms. The topological polar surface area (TPSA) is 41.0 Å². The minimum Gasteiger partial charge on any atom is -0.355 e. The Balaban J connectivity index is 1.91. The zero-order valence-electron chi connectivity index (χ0n) is 12.4. The summed E-state index contributed by atoms with van der Waals surface area (Å²) in [6.07, 6.45) is 4.15. The van der Waals surface area contributed by atoms with E-state index in [4.69, 9.17) is 0 Å². The van der Waals surface area contributed by atoms with Gasteiger partial charge in [-0.15, -0.1) is 5.10 Å². The van der Waals surface area contributed by atoms with Gasteiger partial charge in [-0.2, -0.15) is 5.10 Å². The third kappa shape index (κ3) is 4.16. The van der Waals surface area contributed by atoms with Crippen LogP contribution >= 0.6 is 0 Å². The summed E-state index contributed by atoms with van der Waals surface area (Å²) in [5.41, 5.74) is 1.01. The monoisotopic (exact) mass is 262 g/mol. The number of anilines is 1. The molecule has 0 bridgehead atoms. The minimum absolute atomic E-state index is 0.479. The van der Waals surface area contributed by atoms with E-state index in [0.29, 0.717) is 6.04 Å². The lowest BCUT2D eigenvalue weighted by molar-refractivity contribution is 0.318. The van der Waals surface area contributed by atoms with Gasteiger partial charge in [0.1, 0.15) is 0 Å². The van der Waals surface area contributed by atoms with Crippen LogP contribution < -0.4 is 10.2 Å². The second-order valence-electron chi connectivity index (χ2n) is 5.75. The van der Waals surface area contributed by atoms with Gasteiger partial charge in [-0.05, 0) is 37.8 Å². The van der Waals surface area contributed by atoms with Gasteiger partial charge in [0.2, 0.25) is 0 Å². The number of aromatic nitrogens is 2. The molecule has 106 valence electrons. The molecule has 1 aromatic heterocycles. The second-order valence-corrected chi connectivity index (χ2v) is 5.75. The Bertz CT molecular complexity index is 370. The molecule has 0 unspecified atom stereocenters. The molecule has 1 aliphatic carbocycles. The Labute approximate surface area is 116 Å². The second kappa shape index (κ2) is 6.85. The van der Waals surface area contributed by atoms with E-state index in [1.54, 1.807) is 0 Å². The van der Waals surface area contributed by atoms with Crippen LogP contribution in [0.3, 0.4) is 0 Å². The highest BCUT2D eigenvalue weighted by Crippen LogP contribution is 2.28. The average Bonchev–Trinajstić information content (AvgIpc) is 2.36. The average molecular weight is 262 g/mol. The fourth-order valence-electron chi connectivity index (χ4n) is 2.30. The molecule has 2 rings (SSSR count). The highest BCUT2D eigenvalue weighted by Gasteiger charge is 2.20. The largest absolute Gasteiger partial charge is 0.355 e. The van der Waals surface area contributed by atoms with Crippen LogP contribution in [0, 0.1) is 5.92 Å². The normalized spacial score (nSPS) is 15.6. The summed E-state index contributed by atoms with van der Waals surface area (Å²) in [7, 11) is 0. The van der Waals surface area contributed by atoms with Gasteiger partial charge in [0, 0.05) is 25.7 Å². The Morgan fingerprint density at radius 3 is 2.58 bits per heavy atom. The summed E-state index contributed by atoms with van der Waals surface area (Å²) in [4.78, 5) is 2.34. The van der Waals surface area contributed by atoms with Crippen molar-refractivity contribution in [2.45, 2.75) is 52.6 Å². The van der Waals surface area contributed by atoms with E-state index in [1.165, 1.54) is 19.3 Å². The molecular formula is C15H26N4. The first-order valence-corrected chi connectivity index (χ1v) is 7.50. The van der Waals surface area contributed by atoms with E-state index in [2.05, 4.69) is 53.3 Å². The van der Waals surface area contributed by atoms with Crippen LogP contribution in [0.15, 0.2) is 12.1 Å². The fourth-order valence-corrected chi connectivity index (χ4v) is 2.30. The van der Waals surface area contributed by atoms with Gasteiger partial charge in [0.25, 0.3) is 0 Å². The fraction of sp³-hybridized carbons (Fsp3) is 0.733. The maximum Gasteiger partial charge on any atom is 0.151 e. The van der Waals surface area contributed by atoms with Crippen molar-refractivity contribution in [3.63, 3.8) is 0 Å². The highest BCUT2D eigenvalue weighted by atomic mass is 15.3. The molecule has 1 aliphatic rings. The third-order valence-electron chi connectivity index (χ3n) is 3.81.